The van der Waals surface area contributed by atoms with Crippen LogP contribution in [0.25, 0.3) is 10.9 Å². The molecule has 0 saturated carbocycles. The Morgan fingerprint density at radius 2 is 2.03 bits per heavy atom. The Balaban J connectivity index is 1.26. The summed E-state index contributed by atoms with van der Waals surface area (Å²) in [7, 11) is 1.62. The maximum atomic E-state index is 13.8. The lowest BCUT2D eigenvalue weighted by molar-refractivity contribution is 0.0581. The van der Waals surface area contributed by atoms with E-state index in [4.69, 9.17) is 4.74 Å². The molecule has 36 heavy (non-hydrogen) atoms. The van der Waals surface area contributed by atoms with E-state index in [-0.39, 0.29) is 18.3 Å². The number of aliphatic hydroxyl groups excluding tert-OH is 2. The van der Waals surface area contributed by atoms with Gasteiger partial charge in [-0.3, -0.25) is 4.98 Å². The van der Waals surface area contributed by atoms with E-state index in [1.165, 1.54) is 23.9 Å². The molecule has 194 valence electrons. The number of aromatic nitrogens is 1. The third-order valence-corrected chi connectivity index (χ3v) is 8.25. The van der Waals surface area contributed by atoms with Crippen LogP contribution >= 0.6 is 11.8 Å². The second kappa shape index (κ2) is 12.8. The fraction of sp³-hybridized carbons (Fsp3) is 0.464. The zero-order valence-corrected chi connectivity index (χ0v) is 21.4. The maximum absolute atomic E-state index is 13.8. The molecular weight excluding hydrogens is 482 g/mol. The molecule has 2 N–H and O–H groups in total. The van der Waals surface area contributed by atoms with Gasteiger partial charge in [0.15, 0.2) is 0 Å². The van der Waals surface area contributed by atoms with Crippen molar-refractivity contribution in [2.45, 2.75) is 36.7 Å². The third kappa shape index (κ3) is 6.73. The van der Waals surface area contributed by atoms with Crippen molar-refractivity contribution in [2.75, 3.05) is 39.1 Å². The van der Waals surface area contributed by atoms with Gasteiger partial charge in [-0.1, -0.05) is 0 Å². The first-order valence-corrected chi connectivity index (χ1v) is 13.5. The quantitative estimate of drug-likeness (QED) is 0.261. The normalized spacial score (nSPS) is 19.5. The van der Waals surface area contributed by atoms with E-state index in [1.54, 1.807) is 13.3 Å². The van der Waals surface area contributed by atoms with Gasteiger partial charge in [-0.05, 0) is 104 Å². The van der Waals surface area contributed by atoms with Gasteiger partial charge >= 0.3 is 0 Å². The van der Waals surface area contributed by atoms with Gasteiger partial charge in [0, 0.05) is 29.6 Å². The van der Waals surface area contributed by atoms with E-state index in [0.717, 1.165) is 67.2 Å². The third-order valence-electron chi connectivity index (χ3n) is 7.13. The number of rotatable bonds is 11. The van der Waals surface area contributed by atoms with Gasteiger partial charge in [-0.25, -0.2) is 8.78 Å². The van der Waals surface area contributed by atoms with Crippen LogP contribution in [-0.2, 0) is 0 Å². The van der Waals surface area contributed by atoms with Gasteiger partial charge in [0.05, 0.1) is 18.7 Å². The van der Waals surface area contributed by atoms with Crippen LogP contribution in [-0.4, -0.2) is 59.2 Å². The van der Waals surface area contributed by atoms with E-state index in [2.05, 4.69) is 9.88 Å². The second-order valence-corrected chi connectivity index (χ2v) is 10.6. The van der Waals surface area contributed by atoms with Crippen molar-refractivity contribution in [1.29, 1.82) is 0 Å². The standard InChI is InChI=1S/C28H34F2N2O3S/c1-35-22-5-7-26-24(16-22)23(9-11-31-26)27(34)8-3-19-10-13-32(17-20(19)18-33)12-2-14-36-28-15-21(29)4-6-25(28)30/h4-7,9,11,15-16,19-20,27,33-34H,2-3,8,10,12-14,17-18H2,1H3/t19-,20-,27+/m1/s1. The first-order valence-electron chi connectivity index (χ1n) is 12.5. The molecule has 1 aromatic heterocycles. The van der Waals surface area contributed by atoms with Gasteiger partial charge in [-0.15, -0.1) is 11.8 Å². The first-order chi connectivity index (χ1) is 17.5. The van der Waals surface area contributed by atoms with Crippen LogP contribution in [0.4, 0.5) is 8.78 Å². The Labute approximate surface area is 215 Å². The number of methoxy groups -OCH3 is 1. The molecule has 0 bridgehead atoms. The number of likely N-dealkylation sites (tertiary alicyclic amines) is 1. The fourth-order valence-corrected chi connectivity index (χ4v) is 5.99. The summed E-state index contributed by atoms with van der Waals surface area (Å²) in [4.78, 5) is 7.09. The lowest BCUT2D eigenvalue weighted by Crippen LogP contribution is -2.42. The number of hydrogen-bond acceptors (Lipinski definition) is 6. The Bertz CT molecular complexity index is 1150. The topological polar surface area (TPSA) is 65.8 Å². The predicted octanol–water partition coefficient (Wildman–Crippen LogP) is 5.45. The molecule has 0 unspecified atom stereocenters. The summed E-state index contributed by atoms with van der Waals surface area (Å²) in [5.74, 6) is 1.14. The highest BCUT2D eigenvalue weighted by molar-refractivity contribution is 7.99. The van der Waals surface area contributed by atoms with Crippen LogP contribution in [0, 0.1) is 23.5 Å². The second-order valence-electron chi connectivity index (χ2n) is 9.45. The Hall–Kier alpha value is -2.26. The zero-order valence-electron chi connectivity index (χ0n) is 20.6. The molecule has 2 aromatic carbocycles. The number of pyridine rings is 1. The summed E-state index contributed by atoms with van der Waals surface area (Å²) in [5.41, 5.74) is 1.68. The zero-order chi connectivity index (χ0) is 25.5. The van der Waals surface area contributed by atoms with Crippen LogP contribution < -0.4 is 4.74 Å². The van der Waals surface area contributed by atoms with Gasteiger partial charge in [0.2, 0.25) is 0 Å². The molecule has 8 heteroatoms. The summed E-state index contributed by atoms with van der Waals surface area (Å²) in [6, 6.07) is 11.1. The highest BCUT2D eigenvalue weighted by Crippen LogP contribution is 2.33. The molecule has 1 fully saturated rings. The van der Waals surface area contributed by atoms with Crippen LogP contribution in [0.5, 0.6) is 5.75 Å². The molecule has 0 radical (unpaired) electrons. The number of piperidine rings is 1. The van der Waals surface area contributed by atoms with Crippen molar-refractivity contribution in [3.05, 3.63) is 65.9 Å². The number of ether oxygens (including phenoxy) is 1. The molecule has 3 atom stereocenters. The van der Waals surface area contributed by atoms with E-state index in [0.29, 0.717) is 23.0 Å². The van der Waals surface area contributed by atoms with Crippen molar-refractivity contribution in [3.63, 3.8) is 0 Å². The molecule has 3 aromatic rings. The minimum atomic E-state index is -0.611. The molecule has 0 aliphatic carbocycles. The van der Waals surface area contributed by atoms with Crippen molar-refractivity contribution >= 4 is 22.7 Å². The largest absolute Gasteiger partial charge is 0.497 e. The fourth-order valence-electron chi connectivity index (χ4n) is 5.10. The van der Waals surface area contributed by atoms with E-state index >= 15 is 0 Å². The molecule has 2 heterocycles. The lowest BCUT2D eigenvalue weighted by Gasteiger charge is -2.38. The summed E-state index contributed by atoms with van der Waals surface area (Å²) in [6.45, 7) is 2.73. The summed E-state index contributed by atoms with van der Waals surface area (Å²) in [5, 5.41) is 21.9. The van der Waals surface area contributed by atoms with Gasteiger partial charge in [0.1, 0.15) is 17.4 Å². The Morgan fingerprint density at radius 1 is 1.17 bits per heavy atom. The van der Waals surface area contributed by atoms with Crippen LogP contribution in [0.2, 0.25) is 0 Å². The highest BCUT2D eigenvalue weighted by Gasteiger charge is 2.29. The lowest BCUT2D eigenvalue weighted by atomic mass is 9.81. The van der Waals surface area contributed by atoms with Gasteiger partial charge in [-0.2, -0.15) is 0 Å². The molecular formula is C28H34F2N2O3S. The molecule has 0 spiro atoms. The van der Waals surface area contributed by atoms with Crippen molar-refractivity contribution < 1.29 is 23.7 Å². The number of aliphatic hydroxyl groups is 2. The summed E-state index contributed by atoms with van der Waals surface area (Å²) < 4.78 is 32.5. The van der Waals surface area contributed by atoms with Crippen molar-refractivity contribution in [3.8, 4) is 5.75 Å². The molecule has 1 aliphatic rings. The number of fused-ring (bicyclic) bond motifs is 1. The van der Waals surface area contributed by atoms with Crippen LogP contribution in [0.15, 0.2) is 53.6 Å². The summed E-state index contributed by atoms with van der Waals surface area (Å²) >= 11 is 1.34. The number of benzene rings is 2. The van der Waals surface area contributed by atoms with Crippen LogP contribution in [0.1, 0.15) is 37.4 Å². The monoisotopic (exact) mass is 516 g/mol. The van der Waals surface area contributed by atoms with E-state index in [1.807, 2.05) is 24.3 Å². The number of nitrogens with zero attached hydrogens (tertiary/aromatic N) is 2. The SMILES string of the molecule is COc1ccc2nccc([C@@H](O)CC[C@@H]3CCN(CCCSc4cc(F)ccc4F)C[C@@H]3CO)c2c1. The molecule has 5 nitrogen and oxygen atoms in total. The minimum Gasteiger partial charge on any atom is -0.497 e. The van der Waals surface area contributed by atoms with Gasteiger partial charge < -0.3 is 19.8 Å². The minimum absolute atomic E-state index is 0.121. The Morgan fingerprint density at radius 3 is 2.83 bits per heavy atom. The van der Waals surface area contributed by atoms with Gasteiger partial charge in [0.25, 0.3) is 0 Å². The van der Waals surface area contributed by atoms with E-state index < -0.39 is 11.9 Å². The average molecular weight is 517 g/mol. The molecule has 1 saturated heterocycles. The Kier molecular flexibility index (Phi) is 9.53. The molecule has 4 rings (SSSR count). The highest BCUT2D eigenvalue weighted by atomic mass is 32.2. The van der Waals surface area contributed by atoms with E-state index in [9.17, 15) is 19.0 Å². The molecule has 0 amide bonds. The smallest absolute Gasteiger partial charge is 0.136 e. The first kappa shape index (κ1) is 26.8. The predicted molar refractivity (Wildman–Crippen MR) is 139 cm³/mol. The van der Waals surface area contributed by atoms with Crippen molar-refractivity contribution in [2.24, 2.45) is 11.8 Å². The number of halogens is 2. The number of thioether (sulfide) groups is 1. The average Bonchev–Trinajstić information content (AvgIpc) is 2.91. The maximum Gasteiger partial charge on any atom is 0.136 e. The summed E-state index contributed by atoms with van der Waals surface area (Å²) in [6.07, 6.45) is 4.40. The number of hydrogen-bond donors (Lipinski definition) is 2. The molecule has 1 aliphatic heterocycles. The van der Waals surface area contributed by atoms with Crippen molar-refractivity contribution in [1.82, 2.24) is 9.88 Å². The van der Waals surface area contributed by atoms with Crippen LogP contribution in [0.3, 0.4) is 0 Å².